The number of aryl methyl sites for hydroxylation is 3. The number of amides is 1. The van der Waals surface area contributed by atoms with Crippen LogP contribution in [-0.2, 0) is 24.1 Å². The second-order valence-electron chi connectivity index (χ2n) is 6.62. The van der Waals surface area contributed by atoms with Gasteiger partial charge in [-0.25, -0.2) is 9.97 Å². The number of aromatic nitrogens is 2. The standard InChI is InChI=1S/C20H25N3OS/c1-13-7-9-16(10-8-13)25-15(3)20(24)21-12-11-19-22-14(2)17-5-4-6-18(17)23-19/h7-10,15H,4-6,11-12H2,1-3H3,(H,21,24). The van der Waals surface area contributed by atoms with Gasteiger partial charge in [-0.2, -0.15) is 0 Å². The third-order valence-electron chi connectivity index (χ3n) is 4.54. The van der Waals surface area contributed by atoms with Crippen molar-refractivity contribution in [2.24, 2.45) is 0 Å². The van der Waals surface area contributed by atoms with Crippen LogP contribution >= 0.6 is 11.8 Å². The van der Waals surface area contributed by atoms with Crippen LogP contribution in [0.3, 0.4) is 0 Å². The predicted molar refractivity (Wildman–Crippen MR) is 102 cm³/mol. The van der Waals surface area contributed by atoms with Crippen molar-refractivity contribution >= 4 is 17.7 Å². The molecule has 25 heavy (non-hydrogen) atoms. The number of fused-ring (bicyclic) bond motifs is 1. The van der Waals surface area contributed by atoms with E-state index >= 15 is 0 Å². The largest absolute Gasteiger partial charge is 0.355 e. The molecule has 0 radical (unpaired) electrons. The van der Waals surface area contributed by atoms with Crippen LogP contribution in [0.25, 0.3) is 0 Å². The maximum Gasteiger partial charge on any atom is 0.233 e. The van der Waals surface area contributed by atoms with Gasteiger partial charge in [-0.15, -0.1) is 11.8 Å². The van der Waals surface area contributed by atoms with Crippen LogP contribution in [0.1, 0.15) is 41.7 Å². The molecular formula is C20H25N3OS. The van der Waals surface area contributed by atoms with E-state index in [4.69, 9.17) is 0 Å². The van der Waals surface area contributed by atoms with Crippen LogP contribution in [0.15, 0.2) is 29.2 Å². The maximum absolute atomic E-state index is 12.3. The summed E-state index contributed by atoms with van der Waals surface area (Å²) in [5.41, 5.74) is 4.87. The van der Waals surface area contributed by atoms with E-state index < -0.39 is 0 Å². The van der Waals surface area contributed by atoms with Crippen molar-refractivity contribution in [3.63, 3.8) is 0 Å². The number of benzene rings is 1. The Hall–Kier alpha value is -1.88. The van der Waals surface area contributed by atoms with Gasteiger partial charge < -0.3 is 5.32 Å². The molecule has 1 amide bonds. The number of nitrogens with one attached hydrogen (secondary N) is 1. The van der Waals surface area contributed by atoms with Gasteiger partial charge in [-0.05, 0) is 57.7 Å². The first kappa shape index (κ1) is 17.9. The lowest BCUT2D eigenvalue weighted by Gasteiger charge is -2.12. The van der Waals surface area contributed by atoms with E-state index in [1.54, 1.807) is 11.8 Å². The van der Waals surface area contributed by atoms with Crippen LogP contribution in [0.2, 0.25) is 0 Å². The van der Waals surface area contributed by atoms with Crippen molar-refractivity contribution in [2.45, 2.75) is 56.6 Å². The lowest BCUT2D eigenvalue weighted by atomic mass is 10.2. The van der Waals surface area contributed by atoms with E-state index in [-0.39, 0.29) is 11.2 Å². The summed E-state index contributed by atoms with van der Waals surface area (Å²) >= 11 is 1.58. The van der Waals surface area contributed by atoms with Gasteiger partial charge in [0.1, 0.15) is 5.82 Å². The molecule has 0 aliphatic heterocycles. The maximum atomic E-state index is 12.3. The number of thioether (sulfide) groups is 1. The number of rotatable bonds is 6. The van der Waals surface area contributed by atoms with E-state index in [1.165, 1.54) is 23.2 Å². The Kier molecular flexibility index (Phi) is 5.74. The molecule has 0 saturated carbocycles. The molecule has 0 spiro atoms. The Morgan fingerprint density at radius 2 is 1.96 bits per heavy atom. The Morgan fingerprint density at radius 3 is 2.72 bits per heavy atom. The second kappa shape index (κ2) is 8.00. The van der Waals surface area contributed by atoms with E-state index in [2.05, 4.69) is 53.4 Å². The highest BCUT2D eigenvalue weighted by molar-refractivity contribution is 8.00. The summed E-state index contributed by atoms with van der Waals surface area (Å²) in [6, 6.07) is 8.26. The van der Waals surface area contributed by atoms with Crippen LogP contribution in [-0.4, -0.2) is 27.7 Å². The van der Waals surface area contributed by atoms with E-state index in [0.717, 1.165) is 29.3 Å². The highest BCUT2D eigenvalue weighted by Gasteiger charge is 2.17. The second-order valence-corrected chi connectivity index (χ2v) is 8.03. The van der Waals surface area contributed by atoms with Crippen molar-refractivity contribution in [3.05, 3.63) is 52.6 Å². The molecule has 0 saturated heterocycles. The van der Waals surface area contributed by atoms with Crippen LogP contribution < -0.4 is 5.32 Å². The van der Waals surface area contributed by atoms with E-state index in [0.29, 0.717) is 13.0 Å². The molecule has 1 aromatic carbocycles. The SMILES string of the molecule is Cc1ccc(SC(C)C(=O)NCCc2nc(C)c3c(n2)CCC3)cc1. The third-order valence-corrected chi connectivity index (χ3v) is 5.65. The van der Waals surface area contributed by atoms with Gasteiger partial charge in [0.25, 0.3) is 0 Å². The topological polar surface area (TPSA) is 54.9 Å². The zero-order valence-electron chi connectivity index (χ0n) is 15.1. The molecule has 5 heteroatoms. The van der Waals surface area contributed by atoms with Crippen molar-refractivity contribution in [3.8, 4) is 0 Å². The Bertz CT molecular complexity index is 758. The average Bonchev–Trinajstić information content (AvgIpc) is 3.06. The highest BCUT2D eigenvalue weighted by Crippen LogP contribution is 2.24. The molecule has 132 valence electrons. The average molecular weight is 356 g/mol. The highest BCUT2D eigenvalue weighted by atomic mass is 32.2. The molecule has 1 unspecified atom stereocenters. The summed E-state index contributed by atoms with van der Waals surface area (Å²) in [6.07, 6.45) is 4.02. The summed E-state index contributed by atoms with van der Waals surface area (Å²) < 4.78 is 0. The molecule has 1 atom stereocenters. The van der Waals surface area contributed by atoms with Gasteiger partial charge in [0.2, 0.25) is 5.91 Å². The van der Waals surface area contributed by atoms with Crippen LogP contribution in [0.4, 0.5) is 0 Å². The number of nitrogens with zero attached hydrogens (tertiary/aromatic N) is 2. The number of hydrogen-bond acceptors (Lipinski definition) is 4. The lowest BCUT2D eigenvalue weighted by Crippen LogP contribution is -2.32. The molecular weight excluding hydrogens is 330 g/mol. The normalized spacial score (nSPS) is 14.2. The quantitative estimate of drug-likeness (QED) is 0.807. The van der Waals surface area contributed by atoms with Crippen LogP contribution in [0.5, 0.6) is 0 Å². The van der Waals surface area contributed by atoms with Gasteiger partial charge in [-0.1, -0.05) is 17.7 Å². The first-order chi connectivity index (χ1) is 12.0. The van der Waals surface area contributed by atoms with Gasteiger partial charge in [0.05, 0.1) is 5.25 Å². The summed E-state index contributed by atoms with van der Waals surface area (Å²) in [7, 11) is 0. The molecule has 4 nitrogen and oxygen atoms in total. The zero-order chi connectivity index (χ0) is 17.8. The Morgan fingerprint density at radius 1 is 1.20 bits per heavy atom. The zero-order valence-corrected chi connectivity index (χ0v) is 15.9. The molecule has 1 aromatic heterocycles. The molecule has 2 aromatic rings. The fourth-order valence-corrected chi connectivity index (χ4v) is 4.00. The third kappa shape index (κ3) is 4.60. The monoisotopic (exact) mass is 355 g/mol. The lowest BCUT2D eigenvalue weighted by molar-refractivity contribution is -0.120. The molecule has 0 fully saturated rings. The van der Waals surface area contributed by atoms with Crippen LogP contribution in [0, 0.1) is 13.8 Å². The first-order valence-corrected chi connectivity index (χ1v) is 9.77. The van der Waals surface area contributed by atoms with Gasteiger partial charge in [0, 0.05) is 29.2 Å². The minimum atomic E-state index is -0.120. The van der Waals surface area contributed by atoms with Gasteiger partial charge in [0.15, 0.2) is 0 Å². The Balaban J connectivity index is 1.49. The summed E-state index contributed by atoms with van der Waals surface area (Å²) in [5.74, 6) is 0.903. The fraction of sp³-hybridized carbons (Fsp3) is 0.450. The molecule has 1 aliphatic rings. The summed E-state index contributed by atoms with van der Waals surface area (Å²) in [5, 5.41) is 2.89. The van der Waals surface area contributed by atoms with Crippen molar-refractivity contribution in [2.75, 3.05) is 6.54 Å². The van der Waals surface area contributed by atoms with Crippen molar-refractivity contribution < 1.29 is 4.79 Å². The van der Waals surface area contributed by atoms with Gasteiger partial charge >= 0.3 is 0 Å². The number of carbonyl (C=O) groups excluding carboxylic acids is 1. The van der Waals surface area contributed by atoms with Crippen molar-refractivity contribution in [1.29, 1.82) is 0 Å². The van der Waals surface area contributed by atoms with Gasteiger partial charge in [-0.3, -0.25) is 4.79 Å². The fourth-order valence-electron chi connectivity index (χ4n) is 3.11. The minimum Gasteiger partial charge on any atom is -0.355 e. The number of hydrogen-bond donors (Lipinski definition) is 1. The first-order valence-electron chi connectivity index (χ1n) is 8.89. The molecule has 1 aliphatic carbocycles. The van der Waals surface area contributed by atoms with E-state index in [1.807, 2.05) is 6.92 Å². The summed E-state index contributed by atoms with van der Waals surface area (Å²) in [4.78, 5) is 22.7. The minimum absolute atomic E-state index is 0.0588. The van der Waals surface area contributed by atoms with E-state index in [9.17, 15) is 4.79 Å². The van der Waals surface area contributed by atoms with Crippen molar-refractivity contribution in [1.82, 2.24) is 15.3 Å². The molecule has 1 N–H and O–H groups in total. The molecule has 0 bridgehead atoms. The number of carbonyl (C=O) groups is 1. The summed E-state index contributed by atoms with van der Waals surface area (Å²) in [6.45, 7) is 6.65. The smallest absolute Gasteiger partial charge is 0.233 e. The molecule has 1 heterocycles. The Labute approximate surface area is 153 Å². The predicted octanol–water partition coefficient (Wildman–Crippen LogP) is 3.42. The molecule has 3 rings (SSSR count).